The van der Waals surface area contributed by atoms with Gasteiger partial charge in [0, 0.05) is 16.5 Å². The highest BCUT2D eigenvalue weighted by molar-refractivity contribution is 9.10. The molecule has 186 valence electrons. The third-order valence-corrected chi connectivity index (χ3v) is 6.77. The summed E-state index contributed by atoms with van der Waals surface area (Å²) in [6, 6.07) is 16.3. The van der Waals surface area contributed by atoms with E-state index >= 15 is 0 Å². The Labute approximate surface area is 227 Å². The molecule has 0 N–H and O–H groups in total. The summed E-state index contributed by atoms with van der Waals surface area (Å²) < 4.78 is 13.8. The van der Waals surface area contributed by atoms with Crippen LogP contribution in [0.5, 0.6) is 11.5 Å². The smallest absolute Gasteiger partial charge is 0.282 e. The molecule has 0 spiro atoms. The fourth-order valence-electron chi connectivity index (χ4n) is 3.67. The van der Waals surface area contributed by atoms with E-state index in [9.17, 15) is 4.79 Å². The molecule has 0 amide bonds. The van der Waals surface area contributed by atoms with Crippen molar-refractivity contribution in [3.8, 4) is 11.5 Å². The molecule has 0 radical (unpaired) electrons. The minimum atomic E-state index is -0.232. The first-order chi connectivity index (χ1) is 17.4. The second kappa shape index (κ2) is 11.9. The number of halogens is 3. The first-order valence-electron chi connectivity index (χ1n) is 11.4. The molecule has 0 unspecified atom stereocenters. The third kappa shape index (κ3) is 5.91. The van der Waals surface area contributed by atoms with Crippen molar-refractivity contribution < 1.29 is 9.47 Å². The Morgan fingerprint density at radius 3 is 2.69 bits per heavy atom. The van der Waals surface area contributed by atoms with E-state index in [2.05, 4.69) is 28.0 Å². The minimum absolute atomic E-state index is 0.232. The average Bonchev–Trinajstić information content (AvgIpc) is 2.88. The number of ether oxygens (including phenoxy) is 2. The molecule has 0 bridgehead atoms. The Hall–Kier alpha value is -2.87. The summed E-state index contributed by atoms with van der Waals surface area (Å²) in [6.07, 6.45) is 4.09. The van der Waals surface area contributed by atoms with Crippen LogP contribution < -0.4 is 15.0 Å². The van der Waals surface area contributed by atoms with Gasteiger partial charge in [0.15, 0.2) is 11.5 Å². The zero-order valence-corrected chi connectivity index (χ0v) is 22.9. The number of hydrogen-bond donors (Lipinski definition) is 0. The summed E-state index contributed by atoms with van der Waals surface area (Å²) in [5.41, 5.74) is 1.91. The normalized spacial score (nSPS) is 11.4. The lowest BCUT2D eigenvalue weighted by Crippen LogP contribution is -2.22. The number of methoxy groups -OCH3 is 1. The highest BCUT2D eigenvalue weighted by Gasteiger charge is 2.13. The Morgan fingerprint density at radius 1 is 1.11 bits per heavy atom. The molecule has 4 aromatic rings. The lowest BCUT2D eigenvalue weighted by Gasteiger charge is -2.14. The van der Waals surface area contributed by atoms with Crippen LogP contribution in [0.4, 0.5) is 0 Å². The standard InChI is InChI=1S/C27H24BrCl2N3O3/c1-3-4-8-25-32-23-12-10-19(28)14-20(23)27(34)33(25)31-15-18-6-5-7-24(35-2)26(18)36-16-17-9-11-21(29)22(30)13-17/h5-7,9-15H,3-4,8,16H2,1-2H3. The average molecular weight is 589 g/mol. The number of nitrogens with zero attached hydrogens (tertiary/aromatic N) is 3. The minimum Gasteiger partial charge on any atom is -0.493 e. The summed E-state index contributed by atoms with van der Waals surface area (Å²) >= 11 is 15.6. The van der Waals surface area contributed by atoms with Gasteiger partial charge in [-0.15, -0.1) is 0 Å². The first-order valence-corrected chi connectivity index (χ1v) is 13.0. The van der Waals surface area contributed by atoms with Gasteiger partial charge < -0.3 is 9.47 Å². The zero-order valence-electron chi connectivity index (χ0n) is 19.8. The quantitative estimate of drug-likeness (QED) is 0.193. The van der Waals surface area contributed by atoms with Gasteiger partial charge in [-0.3, -0.25) is 4.79 Å². The van der Waals surface area contributed by atoms with Crippen LogP contribution in [0.25, 0.3) is 10.9 Å². The SMILES string of the molecule is CCCCc1nc2ccc(Br)cc2c(=O)n1N=Cc1cccc(OC)c1OCc1ccc(Cl)c(Cl)c1. The van der Waals surface area contributed by atoms with Crippen LogP contribution in [0.15, 0.2) is 69.0 Å². The van der Waals surface area contributed by atoms with Gasteiger partial charge in [-0.25, -0.2) is 4.98 Å². The number of fused-ring (bicyclic) bond motifs is 1. The van der Waals surface area contributed by atoms with Crippen molar-refractivity contribution in [1.29, 1.82) is 0 Å². The molecule has 9 heteroatoms. The van der Waals surface area contributed by atoms with Crippen molar-refractivity contribution in [2.45, 2.75) is 32.8 Å². The van der Waals surface area contributed by atoms with Crippen molar-refractivity contribution in [3.05, 3.63) is 96.4 Å². The molecule has 1 heterocycles. The molecule has 0 atom stereocenters. The molecule has 0 saturated heterocycles. The number of aromatic nitrogens is 2. The lowest BCUT2D eigenvalue weighted by atomic mass is 10.2. The highest BCUT2D eigenvalue weighted by atomic mass is 79.9. The predicted octanol–water partition coefficient (Wildman–Crippen LogP) is 7.28. The number of benzene rings is 3. The summed E-state index contributed by atoms with van der Waals surface area (Å²) in [4.78, 5) is 18.1. The van der Waals surface area contributed by atoms with Crippen molar-refractivity contribution in [1.82, 2.24) is 9.66 Å². The van der Waals surface area contributed by atoms with E-state index in [1.807, 2.05) is 30.3 Å². The van der Waals surface area contributed by atoms with Crippen LogP contribution in [-0.4, -0.2) is 23.0 Å². The summed E-state index contributed by atoms with van der Waals surface area (Å²) in [6.45, 7) is 2.34. The van der Waals surface area contributed by atoms with Gasteiger partial charge in [0.25, 0.3) is 5.56 Å². The Morgan fingerprint density at radius 2 is 1.94 bits per heavy atom. The number of aryl methyl sites for hydroxylation is 1. The monoisotopic (exact) mass is 587 g/mol. The molecule has 6 nitrogen and oxygen atoms in total. The van der Waals surface area contributed by atoms with Gasteiger partial charge in [0.2, 0.25) is 0 Å². The summed E-state index contributed by atoms with van der Waals surface area (Å²) in [7, 11) is 1.57. The largest absolute Gasteiger partial charge is 0.493 e. The van der Waals surface area contributed by atoms with Crippen LogP contribution in [0.1, 0.15) is 36.7 Å². The van der Waals surface area contributed by atoms with Gasteiger partial charge >= 0.3 is 0 Å². The Bertz CT molecular complexity index is 1490. The van der Waals surface area contributed by atoms with E-state index in [1.54, 1.807) is 37.6 Å². The zero-order chi connectivity index (χ0) is 25.7. The molecule has 1 aromatic heterocycles. The fourth-order valence-corrected chi connectivity index (χ4v) is 4.35. The van der Waals surface area contributed by atoms with Crippen molar-refractivity contribution in [3.63, 3.8) is 0 Å². The first kappa shape index (κ1) is 26.2. The third-order valence-electron chi connectivity index (χ3n) is 5.54. The van der Waals surface area contributed by atoms with Gasteiger partial charge in [-0.2, -0.15) is 9.78 Å². The van der Waals surface area contributed by atoms with E-state index in [0.29, 0.717) is 50.3 Å². The topological polar surface area (TPSA) is 65.7 Å². The van der Waals surface area contributed by atoms with Crippen molar-refractivity contribution in [2.24, 2.45) is 5.10 Å². The fraction of sp³-hybridized carbons (Fsp3) is 0.222. The summed E-state index contributed by atoms with van der Waals surface area (Å²) in [5, 5.41) is 5.97. The molecule has 0 aliphatic rings. The van der Waals surface area contributed by atoms with Crippen LogP contribution in [0.3, 0.4) is 0 Å². The van der Waals surface area contributed by atoms with E-state index in [1.165, 1.54) is 4.68 Å². The van der Waals surface area contributed by atoms with E-state index in [-0.39, 0.29) is 12.2 Å². The van der Waals surface area contributed by atoms with Crippen molar-refractivity contribution >= 4 is 56.2 Å². The molecule has 4 rings (SSSR count). The van der Waals surface area contributed by atoms with Crippen LogP contribution in [-0.2, 0) is 13.0 Å². The van der Waals surface area contributed by atoms with E-state index in [0.717, 1.165) is 22.9 Å². The van der Waals surface area contributed by atoms with Crippen LogP contribution in [0.2, 0.25) is 10.0 Å². The molecule has 0 saturated carbocycles. The second-order valence-electron chi connectivity index (χ2n) is 8.07. The van der Waals surface area contributed by atoms with Gasteiger partial charge in [-0.1, -0.05) is 64.6 Å². The maximum Gasteiger partial charge on any atom is 0.282 e. The van der Waals surface area contributed by atoms with E-state index in [4.69, 9.17) is 37.7 Å². The summed E-state index contributed by atoms with van der Waals surface area (Å²) in [5.74, 6) is 1.64. The van der Waals surface area contributed by atoms with Gasteiger partial charge in [0.1, 0.15) is 12.4 Å². The molecule has 0 aliphatic carbocycles. The number of para-hydroxylation sites is 1. The van der Waals surface area contributed by atoms with Gasteiger partial charge in [0.05, 0.1) is 34.3 Å². The van der Waals surface area contributed by atoms with Gasteiger partial charge in [-0.05, 0) is 54.4 Å². The van der Waals surface area contributed by atoms with Crippen molar-refractivity contribution in [2.75, 3.05) is 7.11 Å². The Kier molecular flexibility index (Phi) is 8.67. The van der Waals surface area contributed by atoms with E-state index < -0.39 is 0 Å². The number of rotatable bonds is 9. The van der Waals surface area contributed by atoms with Crippen LogP contribution >= 0.6 is 39.1 Å². The predicted molar refractivity (Wildman–Crippen MR) is 149 cm³/mol. The number of unbranched alkanes of at least 4 members (excludes halogenated alkanes) is 1. The Balaban J connectivity index is 1.73. The molecular weight excluding hydrogens is 565 g/mol. The molecule has 3 aromatic carbocycles. The highest BCUT2D eigenvalue weighted by Crippen LogP contribution is 2.31. The van der Waals surface area contributed by atoms with Crippen LogP contribution in [0, 0.1) is 0 Å². The number of hydrogen-bond acceptors (Lipinski definition) is 5. The maximum absolute atomic E-state index is 13.4. The molecule has 36 heavy (non-hydrogen) atoms. The molecule has 0 aliphatic heterocycles. The molecular formula is C27H24BrCl2N3O3. The maximum atomic E-state index is 13.4. The lowest BCUT2D eigenvalue weighted by molar-refractivity contribution is 0.284. The molecule has 0 fully saturated rings. The second-order valence-corrected chi connectivity index (χ2v) is 9.80.